The second kappa shape index (κ2) is 8.74. The zero-order valence-electron chi connectivity index (χ0n) is 14.4. The van der Waals surface area contributed by atoms with Gasteiger partial charge in [-0.15, -0.1) is 0 Å². The van der Waals surface area contributed by atoms with Crippen molar-refractivity contribution >= 4 is 17.5 Å². The third kappa shape index (κ3) is 5.27. The van der Waals surface area contributed by atoms with Gasteiger partial charge in [0, 0.05) is 11.6 Å². The summed E-state index contributed by atoms with van der Waals surface area (Å²) in [6.45, 7) is 6.56. The first-order valence-corrected chi connectivity index (χ1v) is 8.63. The van der Waals surface area contributed by atoms with Gasteiger partial charge in [-0.2, -0.15) is 0 Å². The minimum absolute atomic E-state index is 0.109. The van der Waals surface area contributed by atoms with Crippen LogP contribution < -0.4 is 10.1 Å². The van der Waals surface area contributed by atoms with E-state index >= 15 is 0 Å². The number of carbonyl (C=O) groups is 1. The molecule has 0 spiro atoms. The van der Waals surface area contributed by atoms with E-state index in [9.17, 15) is 4.79 Å². The number of para-hydroxylation sites is 1. The Morgan fingerprint density at radius 1 is 1.08 bits per heavy atom. The summed E-state index contributed by atoms with van der Waals surface area (Å²) in [7, 11) is 0. The highest BCUT2D eigenvalue weighted by Crippen LogP contribution is 2.26. The number of hydrogen-bond donors (Lipinski definition) is 1. The van der Waals surface area contributed by atoms with Crippen LogP contribution in [0.2, 0.25) is 5.02 Å². The van der Waals surface area contributed by atoms with Gasteiger partial charge in [0.15, 0.2) is 6.10 Å². The van der Waals surface area contributed by atoms with Gasteiger partial charge in [0.25, 0.3) is 5.91 Å². The van der Waals surface area contributed by atoms with Crippen LogP contribution in [-0.2, 0) is 11.2 Å². The molecule has 0 fully saturated rings. The summed E-state index contributed by atoms with van der Waals surface area (Å²) in [6, 6.07) is 15.5. The highest BCUT2D eigenvalue weighted by Gasteiger charge is 2.16. The predicted molar refractivity (Wildman–Crippen MR) is 98.8 cm³/mol. The van der Waals surface area contributed by atoms with Crippen molar-refractivity contribution in [3.05, 3.63) is 64.7 Å². The Bertz CT molecular complexity index is 668. The summed E-state index contributed by atoms with van der Waals surface area (Å²) in [5, 5.41) is 3.63. The van der Waals surface area contributed by atoms with E-state index in [1.807, 2.05) is 48.5 Å². The van der Waals surface area contributed by atoms with Crippen LogP contribution in [0.25, 0.3) is 0 Å². The zero-order valence-corrected chi connectivity index (χ0v) is 15.1. The number of benzene rings is 2. The number of rotatable bonds is 7. The summed E-state index contributed by atoms with van der Waals surface area (Å²) in [5.41, 5.74) is 2.25. The molecule has 0 aliphatic carbocycles. The van der Waals surface area contributed by atoms with E-state index in [1.54, 1.807) is 6.92 Å². The number of amides is 1. The van der Waals surface area contributed by atoms with Crippen molar-refractivity contribution in [1.29, 1.82) is 0 Å². The predicted octanol–water partition coefficient (Wildman–Crippen LogP) is 4.59. The topological polar surface area (TPSA) is 38.3 Å². The van der Waals surface area contributed by atoms with Crippen LogP contribution in [-0.4, -0.2) is 18.6 Å². The normalized spacial score (nSPS) is 12.0. The lowest BCUT2D eigenvalue weighted by atomic mass is 10.0. The molecular formula is C20H24ClNO2. The highest BCUT2D eigenvalue weighted by molar-refractivity contribution is 6.30. The highest BCUT2D eigenvalue weighted by atomic mass is 35.5. The fourth-order valence-electron chi connectivity index (χ4n) is 2.43. The van der Waals surface area contributed by atoms with Gasteiger partial charge in [-0.25, -0.2) is 0 Å². The van der Waals surface area contributed by atoms with Crippen LogP contribution in [0.1, 0.15) is 37.8 Å². The lowest BCUT2D eigenvalue weighted by Crippen LogP contribution is -2.37. The van der Waals surface area contributed by atoms with Crippen molar-refractivity contribution in [3.8, 4) is 5.75 Å². The first-order valence-electron chi connectivity index (χ1n) is 8.25. The number of hydrogen-bond acceptors (Lipinski definition) is 2. The molecule has 3 nitrogen and oxygen atoms in total. The summed E-state index contributed by atoms with van der Waals surface area (Å²) in [4.78, 5) is 12.2. The SMILES string of the molecule is CC(Oc1ccccc1C(C)C)C(=O)NCCc1ccc(Cl)cc1. The monoisotopic (exact) mass is 345 g/mol. The lowest BCUT2D eigenvalue weighted by Gasteiger charge is -2.18. The third-order valence-electron chi connectivity index (χ3n) is 3.84. The Morgan fingerprint density at radius 3 is 2.42 bits per heavy atom. The maximum atomic E-state index is 12.2. The van der Waals surface area contributed by atoms with Crippen molar-refractivity contribution in [2.24, 2.45) is 0 Å². The van der Waals surface area contributed by atoms with Gasteiger partial charge < -0.3 is 10.1 Å². The molecule has 2 aromatic rings. The van der Waals surface area contributed by atoms with Crippen LogP contribution in [0.5, 0.6) is 5.75 Å². The van der Waals surface area contributed by atoms with E-state index in [2.05, 4.69) is 19.2 Å². The molecule has 0 saturated carbocycles. The molecule has 4 heteroatoms. The molecule has 0 heterocycles. The van der Waals surface area contributed by atoms with Crippen molar-refractivity contribution in [2.45, 2.75) is 39.2 Å². The average Bonchev–Trinajstić information content (AvgIpc) is 2.56. The molecule has 0 aliphatic rings. The molecule has 0 aliphatic heterocycles. The molecule has 24 heavy (non-hydrogen) atoms. The Kier molecular flexibility index (Phi) is 6.68. The number of carbonyl (C=O) groups excluding carboxylic acids is 1. The maximum absolute atomic E-state index is 12.2. The summed E-state index contributed by atoms with van der Waals surface area (Å²) in [6.07, 6.45) is 0.230. The van der Waals surface area contributed by atoms with Crippen molar-refractivity contribution in [1.82, 2.24) is 5.32 Å². The number of ether oxygens (including phenoxy) is 1. The van der Waals surface area contributed by atoms with Crippen molar-refractivity contribution in [2.75, 3.05) is 6.54 Å². The Balaban J connectivity index is 1.85. The maximum Gasteiger partial charge on any atom is 0.260 e. The van der Waals surface area contributed by atoms with Gasteiger partial charge in [-0.05, 0) is 48.6 Å². The standard InChI is InChI=1S/C20H24ClNO2/c1-14(2)18-6-4-5-7-19(18)24-15(3)20(23)22-13-12-16-8-10-17(21)11-9-16/h4-11,14-15H,12-13H2,1-3H3,(H,22,23). The van der Waals surface area contributed by atoms with E-state index in [0.29, 0.717) is 17.5 Å². The number of halogens is 1. The minimum Gasteiger partial charge on any atom is -0.481 e. The average molecular weight is 346 g/mol. The molecule has 1 unspecified atom stereocenters. The van der Waals surface area contributed by atoms with Gasteiger partial charge in [-0.3, -0.25) is 4.79 Å². The molecule has 1 amide bonds. The molecule has 2 aromatic carbocycles. The van der Waals surface area contributed by atoms with Crippen molar-refractivity contribution in [3.63, 3.8) is 0 Å². The fourth-order valence-corrected chi connectivity index (χ4v) is 2.56. The van der Waals surface area contributed by atoms with Crippen LogP contribution in [0.15, 0.2) is 48.5 Å². The molecule has 0 bridgehead atoms. The van der Waals surface area contributed by atoms with Crippen LogP contribution in [0.3, 0.4) is 0 Å². The Hall–Kier alpha value is -2.00. The van der Waals surface area contributed by atoms with Gasteiger partial charge in [0.2, 0.25) is 0 Å². The second-order valence-electron chi connectivity index (χ2n) is 6.12. The van der Waals surface area contributed by atoms with Crippen LogP contribution >= 0.6 is 11.6 Å². The van der Waals surface area contributed by atoms with Crippen molar-refractivity contribution < 1.29 is 9.53 Å². The first kappa shape index (κ1) is 18.3. The smallest absolute Gasteiger partial charge is 0.260 e. The summed E-state index contributed by atoms with van der Waals surface area (Å²) < 4.78 is 5.86. The minimum atomic E-state index is -0.532. The molecule has 128 valence electrons. The van der Waals surface area contributed by atoms with Crippen LogP contribution in [0, 0.1) is 0 Å². The van der Waals surface area contributed by atoms with Gasteiger partial charge in [0.05, 0.1) is 0 Å². The first-order chi connectivity index (χ1) is 11.5. The summed E-state index contributed by atoms with van der Waals surface area (Å²) in [5.74, 6) is 1.01. The molecule has 0 aromatic heterocycles. The van der Waals surface area contributed by atoms with E-state index in [4.69, 9.17) is 16.3 Å². The lowest BCUT2D eigenvalue weighted by molar-refractivity contribution is -0.127. The van der Waals surface area contributed by atoms with Crippen LogP contribution in [0.4, 0.5) is 0 Å². The molecule has 0 radical (unpaired) electrons. The Labute approximate surface area is 149 Å². The van der Waals surface area contributed by atoms with Gasteiger partial charge in [0.1, 0.15) is 5.75 Å². The zero-order chi connectivity index (χ0) is 17.5. The molecule has 1 atom stereocenters. The summed E-state index contributed by atoms with van der Waals surface area (Å²) >= 11 is 5.86. The van der Waals surface area contributed by atoms with E-state index in [0.717, 1.165) is 23.3 Å². The largest absolute Gasteiger partial charge is 0.481 e. The second-order valence-corrected chi connectivity index (χ2v) is 6.56. The van der Waals surface area contributed by atoms with Gasteiger partial charge in [-0.1, -0.05) is 55.8 Å². The third-order valence-corrected chi connectivity index (χ3v) is 4.09. The Morgan fingerprint density at radius 2 is 1.75 bits per heavy atom. The molecule has 1 N–H and O–H groups in total. The van der Waals surface area contributed by atoms with E-state index in [-0.39, 0.29) is 5.91 Å². The molecular weight excluding hydrogens is 322 g/mol. The molecule has 0 saturated heterocycles. The van der Waals surface area contributed by atoms with E-state index in [1.165, 1.54) is 0 Å². The molecule has 2 rings (SSSR count). The van der Waals surface area contributed by atoms with E-state index < -0.39 is 6.10 Å². The quantitative estimate of drug-likeness (QED) is 0.797. The van der Waals surface area contributed by atoms with Gasteiger partial charge >= 0.3 is 0 Å². The number of nitrogens with one attached hydrogen (secondary N) is 1. The fraction of sp³-hybridized carbons (Fsp3) is 0.350.